The van der Waals surface area contributed by atoms with Gasteiger partial charge in [-0.3, -0.25) is 4.98 Å². The minimum atomic E-state index is 0.0771. The van der Waals surface area contributed by atoms with Crippen molar-refractivity contribution in [2.75, 3.05) is 20.1 Å². The lowest BCUT2D eigenvalue weighted by Gasteiger charge is -2.50. The number of aromatic nitrogens is 1. The van der Waals surface area contributed by atoms with Gasteiger partial charge in [0.15, 0.2) is 0 Å². The molecule has 0 bridgehead atoms. The van der Waals surface area contributed by atoms with E-state index in [0.717, 1.165) is 37.9 Å². The molecule has 1 aliphatic carbocycles. The highest BCUT2D eigenvalue weighted by molar-refractivity contribution is 5.79. The third-order valence-corrected chi connectivity index (χ3v) is 6.52. The lowest BCUT2D eigenvalue weighted by atomic mass is 9.58. The lowest BCUT2D eigenvalue weighted by Crippen LogP contribution is -2.53. The number of nitrogens with zero attached hydrogens (tertiary/aromatic N) is 2. The summed E-state index contributed by atoms with van der Waals surface area (Å²) in [5.41, 5.74) is 5.08. The summed E-state index contributed by atoms with van der Waals surface area (Å²) in [4.78, 5) is 7.49. The molecule has 1 saturated heterocycles. The zero-order chi connectivity index (χ0) is 17.7. The second-order valence-corrected chi connectivity index (χ2v) is 8.08. The second kappa shape index (κ2) is 5.82. The number of pyridine rings is 1. The van der Waals surface area contributed by atoms with Gasteiger partial charge >= 0.3 is 0 Å². The molecular formula is C23H24N2O. The van der Waals surface area contributed by atoms with Crippen molar-refractivity contribution >= 4 is 10.9 Å². The number of hydrogen-bond acceptors (Lipinski definition) is 3. The fourth-order valence-corrected chi connectivity index (χ4v) is 5.12. The highest BCUT2D eigenvalue weighted by atomic mass is 16.3. The van der Waals surface area contributed by atoms with Crippen LogP contribution in [0.5, 0.6) is 5.75 Å². The average molecular weight is 344 g/mol. The molecule has 2 atom stereocenters. The first kappa shape index (κ1) is 15.8. The van der Waals surface area contributed by atoms with E-state index in [1.165, 1.54) is 22.2 Å². The number of hydrogen-bond donors (Lipinski definition) is 1. The van der Waals surface area contributed by atoms with E-state index in [-0.39, 0.29) is 5.41 Å². The zero-order valence-corrected chi connectivity index (χ0v) is 15.2. The van der Waals surface area contributed by atoms with E-state index in [2.05, 4.69) is 48.3 Å². The molecule has 1 unspecified atom stereocenters. The summed E-state index contributed by atoms with van der Waals surface area (Å²) < 4.78 is 0. The van der Waals surface area contributed by atoms with Gasteiger partial charge in [-0.2, -0.15) is 0 Å². The number of benzene rings is 2. The Morgan fingerprint density at radius 2 is 2.00 bits per heavy atom. The smallest absolute Gasteiger partial charge is 0.115 e. The van der Waals surface area contributed by atoms with Gasteiger partial charge < -0.3 is 10.0 Å². The first-order chi connectivity index (χ1) is 12.6. The van der Waals surface area contributed by atoms with Crippen LogP contribution < -0.4 is 0 Å². The maximum Gasteiger partial charge on any atom is 0.115 e. The van der Waals surface area contributed by atoms with Crippen LogP contribution in [0.4, 0.5) is 0 Å². The van der Waals surface area contributed by atoms with Gasteiger partial charge in [0.05, 0.1) is 5.52 Å². The molecule has 1 N–H and O–H groups in total. The molecule has 1 fully saturated rings. The molecule has 2 aliphatic rings. The van der Waals surface area contributed by atoms with Gasteiger partial charge in [-0.15, -0.1) is 0 Å². The molecule has 3 heteroatoms. The maximum atomic E-state index is 10.1. The normalized spacial score (nSPS) is 25.7. The molecule has 2 heterocycles. The summed E-state index contributed by atoms with van der Waals surface area (Å²) in [6, 6.07) is 18.7. The number of aromatic hydroxyl groups is 1. The molecule has 0 spiro atoms. The van der Waals surface area contributed by atoms with E-state index < -0.39 is 0 Å². The molecule has 1 aromatic heterocycles. The first-order valence-electron chi connectivity index (χ1n) is 9.50. The Bertz CT molecular complexity index is 983. The summed E-state index contributed by atoms with van der Waals surface area (Å²) in [7, 11) is 2.22. The Kier molecular flexibility index (Phi) is 3.54. The molecule has 0 radical (unpaired) electrons. The van der Waals surface area contributed by atoms with Crippen LogP contribution in [-0.2, 0) is 18.3 Å². The highest BCUT2D eigenvalue weighted by Gasteiger charge is 2.47. The fraction of sp³-hybridized carbons (Fsp3) is 0.348. The highest BCUT2D eigenvalue weighted by Crippen LogP contribution is 2.48. The van der Waals surface area contributed by atoms with E-state index >= 15 is 0 Å². The lowest BCUT2D eigenvalue weighted by molar-refractivity contribution is 0.0987. The predicted octanol–water partition coefficient (Wildman–Crippen LogP) is 3.93. The van der Waals surface area contributed by atoms with E-state index in [0.29, 0.717) is 11.7 Å². The van der Waals surface area contributed by atoms with Crippen LogP contribution >= 0.6 is 0 Å². The molecule has 0 amide bonds. The number of fused-ring (bicyclic) bond motifs is 3. The van der Waals surface area contributed by atoms with Crippen molar-refractivity contribution in [3.8, 4) is 5.75 Å². The minimum Gasteiger partial charge on any atom is -0.508 e. The minimum absolute atomic E-state index is 0.0771. The largest absolute Gasteiger partial charge is 0.508 e. The Balaban J connectivity index is 1.67. The zero-order valence-electron chi connectivity index (χ0n) is 15.2. The Labute approximate surface area is 154 Å². The van der Waals surface area contributed by atoms with E-state index in [4.69, 9.17) is 4.98 Å². The van der Waals surface area contributed by atoms with Gasteiger partial charge in [0.25, 0.3) is 0 Å². The summed E-state index contributed by atoms with van der Waals surface area (Å²) in [6.45, 7) is 2.19. The number of para-hydroxylation sites is 1. The van der Waals surface area contributed by atoms with E-state index in [1.54, 1.807) is 6.07 Å². The second-order valence-electron chi connectivity index (χ2n) is 8.08. The summed E-state index contributed by atoms with van der Waals surface area (Å²) in [5.74, 6) is 0.922. The van der Waals surface area contributed by atoms with Crippen molar-refractivity contribution in [1.82, 2.24) is 9.88 Å². The summed E-state index contributed by atoms with van der Waals surface area (Å²) in [5, 5.41) is 11.3. The molecule has 132 valence electrons. The Morgan fingerprint density at radius 3 is 2.88 bits per heavy atom. The summed E-state index contributed by atoms with van der Waals surface area (Å²) in [6.07, 6.45) is 3.15. The van der Waals surface area contributed by atoms with E-state index in [9.17, 15) is 5.11 Å². The van der Waals surface area contributed by atoms with Crippen LogP contribution in [0.1, 0.15) is 23.2 Å². The number of phenols is 1. The van der Waals surface area contributed by atoms with Gasteiger partial charge in [-0.25, -0.2) is 0 Å². The SMILES string of the molecule is CN1CC[C@@]2(c3cccc(O)c3)Cc3nc4ccccc4cc3CC2C1. The van der Waals surface area contributed by atoms with E-state index in [1.807, 2.05) is 12.1 Å². The van der Waals surface area contributed by atoms with Gasteiger partial charge in [-0.05, 0) is 67.7 Å². The third-order valence-electron chi connectivity index (χ3n) is 6.52. The van der Waals surface area contributed by atoms with Crippen molar-refractivity contribution in [3.63, 3.8) is 0 Å². The standard InChI is InChI=1S/C23H24N2O/c1-25-10-9-23(18-6-4-7-20(26)13-18)14-22-17(12-19(23)15-25)11-16-5-2-3-8-21(16)24-22/h2-8,11,13,19,26H,9-10,12,14-15H2,1H3/t19?,23-/m0/s1. The average Bonchev–Trinajstić information content (AvgIpc) is 2.65. The topological polar surface area (TPSA) is 36.4 Å². The quantitative estimate of drug-likeness (QED) is 0.727. The molecule has 2 aromatic carbocycles. The van der Waals surface area contributed by atoms with Crippen LogP contribution in [-0.4, -0.2) is 35.1 Å². The van der Waals surface area contributed by atoms with Gasteiger partial charge in [0.1, 0.15) is 5.75 Å². The Morgan fingerprint density at radius 1 is 1.12 bits per heavy atom. The van der Waals surface area contributed by atoms with Crippen LogP contribution in [0.15, 0.2) is 54.6 Å². The predicted molar refractivity (Wildman–Crippen MR) is 105 cm³/mol. The van der Waals surface area contributed by atoms with Crippen molar-refractivity contribution in [2.45, 2.75) is 24.7 Å². The van der Waals surface area contributed by atoms with Crippen molar-refractivity contribution < 1.29 is 5.11 Å². The van der Waals surface area contributed by atoms with Crippen molar-refractivity contribution in [2.24, 2.45) is 5.92 Å². The van der Waals surface area contributed by atoms with Crippen LogP contribution in [0.25, 0.3) is 10.9 Å². The van der Waals surface area contributed by atoms with Crippen molar-refractivity contribution in [3.05, 3.63) is 71.4 Å². The van der Waals surface area contributed by atoms with Gasteiger partial charge in [-0.1, -0.05) is 30.3 Å². The number of likely N-dealkylation sites (tertiary alicyclic amines) is 1. The fourth-order valence-electron chi connectivity index (χ4n) is 5.12. The number of phenolic OH excluding ortho intramolecular Hbond substituents is 1. The molecule has 0 saturated carbocycles. The number of rotatable bonds is 1. The maximum absolute atomic E-state index is 10.1. The van der Waals surface area contributed by atoms with Crippen molar-refractivity contribution in [1.29, 1.82) is 0 Å². The van der Waals surface area contributed by atoms with Gasteiger partial charge in [0.2, 0.25) is 0 Å². The number of piperidine rings is 1. The Hall–Kier alpha value is -2.39. The van der Waals surface area contributed by atoms with Crippen LogP contribution in [0.2, 0.25) is 0 Å². The molecule has 3 nitrogen and oxygen atoms in total. The monoisotopic (exact) mass is 344 g/mol. The first-order valence-corrected chi connectivity index (χ1v) is 9.50. The molecule has 5 rings (SSSR count). The molecular weight excluding hydrogens is 320 g/mol. The van der Waals surface area contributed by atoms with Gasteiger partial charge in [0, 0.05) is 29.5 Å². The van der Waals surface area contributed by atoms with Crippen LogP contribution in [0.3, 0.4) is 0 Å². The third kappa shape index (κ3) is 2.42. The summed E-state index contributed by atoms with van der Waals surface area (Å²) >= 11 is 0. The molecule has 3 aromatic rings. The molecule has 26 heavy (non-hydrogen) atoms. The van der Waals surface area contributed by atoms with Crippen LogP contribution in [0, 0.1) is 5.92 Å². The molecule has 1 aliphatic heterocycles.